The van der Waals surface area contributed by atoms with Crippen LogP contribution in [0.1, 0.15) is 33.6 Å². The zero-order valence-electron chi connectivity index (χ0n) is 18.2. The fourth-order valence-corrected chi connectivity index (χ4v) is 3.43. The summed E-state index contributed by atoms with van der Waals surface area (Å²) in [5.41, 5.74) is 4.84. The fraction of sp³-hybridized carbons (Fsp3) is 0.0714. The third-order valence-corrected chi connectivity index (χ3v) is 5.35. The number of halogens is 2. The highest BCUT2D eigenvalue weighted by Gasteiger charge is 2.03. The predicted molar refractivity (Wildman–Crippen MR) is 137 cm³/mol. The van der Waals surface area contributed by atoms with Crippen molar-refractivity contribution in [1.82, 2.24) is 9.97 Å². The van der Waals surface area contributed by atoms with E-state index in [1.807, 2.05) is 78.9 Å². The minimum Gasteiger partial charge on any atom is -0.243 e. The van der Waals surface area contributed by atoms with Crippen LogP contribution in [0, 0.1) is 22.7 Å². The first-order valence-electron chi connectivity index (χ1n) is 10.5. The highest BCUT2D eigenvalue weighted by molar-refractivity contribution is 6.31. The van der Waals surface area contributed by atoms with E-state index in [9.17, 15) is 0 Å². The van der Waals surface area contributed by atoms with Crippen molar-refractivity contribution in [3.05, 3.63) is 129 Å². The number of hydrogen-bond donors (Lipinski definition) is 0. The number of hydrogen-bond acceptors (Lipinski definition) is 4. The van der Waals surface area contributed by atoms with Crippen molar-refractivity contribution in [1.29, 1.82) is 10.5 Å². The van der Waals surface area contributed by atoms with Gasteiger partial charge in [0.15, 0.2) is 5.69 Å². The molecular formula is C28H20Cl2N4. The maximum absolute atomic E-state index is 8.74. The van der Waals surface area contributed by atoms with Gasteiger partial charge in [0.25, 0.3) is 0 Å². The molecule has 0 aliphatic heterocycles. The van der Waals surface area contributed by atoms with Crippen molar-refractivity contribution in [2.45, 2.75) is 12.8 Å². The second kappa shape index (κ2) is 12.9. The van der Waals surface area contributed by atoms with Crippen LogP contribution in [-0.2, 0) is 12.8 Å². The molecule has 166 valence electrons. The lowest BCUT2D eigenvalue weighted by Crippen LogP contribution is -1.95. The molecule has 0 unspecified atom stereocenters. The molecular weight excluding hydrogens is 463 g/mol. The summed E-state index contributed by atoms with van der Waals surface area (Å²) in [4.78, 5) is 8.17. The van der Waals surface area contributed by atoms with E-state index in [1.165, 1.54) is 5.56 Å². The van der Waals surface area contributed by atoms with Crippen molar-refractivity contribution in [2.24, 2.45) is 0 Å². The molecule has 0 N–H and O–H groups in total. The van der Waals surface area contributed by atoms with Crippen LogP contribution in [0.3, 0.4) is 0 Å². The van der Waals surface area contributed by atoms with Crippen molar-refractivity contribution < 1.29 is 0 Å². The van der Waals surface area contributed by atoms with Crippen LogP contribution in [0.25, 0.3) is 12.2 Å². The minimum atomic E-state index is 0.253. The van der Waals surface area contributed by atoms with Gasteiger partial charge in [0.1, 0.15) is 17.3 Å². The van der Waals surface area contributed by atoms with Crippen LogP contribution in [-0.4, -0.2) is 9.97 Å². The van der Waals surface area contributed by atoms with Gasteiger partial charge in [0.2, 0.25) is 0 Å². The molecule has 4 nitrogen and oxygen atoms in total. The Morgan fingerprint density at radius 3 is 2.06 bits per heavy atom. The zero-order chi connectivity index (χ0) is 24.2. The van der Waals surface area contributed by atoms with Crippen LogP contribution in [0.5, 0.6) is 0 Å². The van der Waals surface area contributed by atoms with Gasteiger partial charge in [0.05, 0.1) is 10.6 Å². The Hall–Kier alpha value is -3.96. The molecule has 0 amide bonds. The Labute approximate surface area is 209 Å². The van der Waals surface area contributed by atoms with E-state index < -0.39 is 0 Å². The number of aromatic nitrogens is 2. The Bertz CT molecular complexity index is 1340. The summed E-state index contributed by atoms with van der Waals surface area (Å²) < 4.78 is 0. The molecule has 2 aromatic heterocycles. The number of pyridine rings is 2. The number of nitriles is 2. The second-order valence-corrected chi connectivity index (χ2v) is 7.96. The van der Waals surface area contributed by atoms with Crippen molar-refractivity contribution >= 4 is 35.4 Å². The Morgan fingerprint density at radius 2 is 1.44 bits per heavy atom. The lowest BCUT2D eigenvalue weighted by atomic mass is 10.1. The highest BCUT2D eigenvalue weighted by atomic mass is 35.5. The van der Waals surface area contributed by atoms with Gasteiger partial charge in [-0.15, -0.1) is 0 Å². The van der Waals surface area contributed by atoms with Gasteiger partial charge in [-0.1, -0.05) is 96.0 Å². The molecule has 2 heterocycles. The molecule has 0 aliphatic rings. The average Bonchev–Trinajstić information content (AvgIpc) is 2.88. The number of benzene rings is 2. The van der Waals surface area contributed by atoms with Crippen LogP contribution >= 0.6 is 23.2 Å². The van der Waals surface area contributed by atoms with E-state index >= 15 is 0 Å². The monoisotopic (exact) mass is 482 g/mol. The summed E-state index contributed by atoms with van der Waals surface area (Å²) in [6.07, 6.45) is 7.27. The number of nitrogens with zero attached hydrogens (tertiary/aromatic N) is 4. The highest BCUT2D eigenvalue weighted by Crippen LogP contribution is 2.16. The smallest absolute Gasteiger partial charge is 0.159 e. The first kappa shape index (κ1) is 24.7. The Balaban J connectivity index is 0.000000191. The standard InChI is InChI=1S/C14H11ClN2.C14H9ClN2/c15-14-12(10-16)7-9-13(17-14)8-6-11-4-2-1-3-5-11;15-13-8-12(10-17-14(13)9-16)7-6-11-4-2-1-3-5-11/h1-5,7,9H,6,8H2;1-8,10H/b;7-6+. The number of rotatable bonds is 5. The molecule has 34 heavy (non-hydrogen) atoms. The van der Waals surface area contributed by atoms with Gasteiger partial charge in [-0.05, 0) is 47.7 Å². The van der Waals surface area contributed by atoms with Crippen LogP contribution in [0.4, 0.5) is 0 Å². The third kappa shape index (κ3) is 7.57. The van der Waals surface area contributed by atoms with Gasteiger partial charge < -0.3 is 0 Å². The van der Waals surface area contributed by atoms with E-state index in [0.29, 0.717) is 10.6 Å². The minimum absolute atomic E-state index is 0.253. The van der Waals surface area contributed by atoms with Crippen molar-refractivity contribution in [3.8, 4) is 12.1 Å². The summed E-state index contributed by atoms with van der Waals surface area (Å²) in [5.74, 6) is 0. The van der Waals surface area contributed by atoms with Gasteiger partial charge in [-0.25, -0.2) is 9.97 Å². The SMILES string of the molecule is N#Cc1ccc(CCc2ccccc2)nc1Cl.N#Cc1ncc(/C=C/c2ccccc2)cc1Cl. The van der Waals surface area contributed by atoms with Crippen molar-refractivity contribution in [2.75, 3.05) is 0 Å². The molecule has 0 radical (unpaired) electrons. The largest absolute Gasteiger partial charge is 0.243 e. The molecule has 2 aromatic carbocycles. The molecule has 4 rings (SSSR count). The lowest BCUT2D eigenvalue weighted by molar-refractivity contribution is 0.913. The molecule has 0 bridgehead atoms. The molecule has 0 saturated carbocycles. The maximum Gasteiger partial charge on any atom is 0.159 e. The molecule has 0 spiro atoms. The molecule has 6 heteroatoms. The van der Waals surface area contributed by atoms with Gasteiger partial charge in [0, 0.05) is 11.9 Å². The van der Waals surface area contributed by atoms with E-state index in [1.54, 1.807) is 18.3 Å². The number of aryl methyl sites for hydroxylation is 2. The predicted octanol–water partition coefficient (Wildman–Crippen LogP) is 7.17. The summed E-state index contributed by atoms with van der Waals surface area (Å²) in [6.45, 7) is 0. The van der Waals surface area contributed by atoms with Gasteiger partial charge >= 0.3 is 0 Å². The first-order chi connectivity index (χ1) is 16.6. The summed E-state index contributed by atoms with van der Waals surface area (Å²) in [7, 11) is 0. The van der Waals surface area contributed by atoms with Crippen molar-refractivity contribution in [3.63, 3.8) is 0 Å². The van der Waals surface area contributed by atoms with E-state index in [2.05, 4.69) is 22.1 Å². The Morgan fingerprint density at radius 1 is 0.765 bits per heavy atom. The summed E-state index contributed by atoms with van der Waals surface area (Å²) in [5, 5.41) is 18.1. The molecule has 4 aromatic rings. The normalized spacial score (nSPS) is 10.1. The molecule has 0 fully saturated rings. The lowest BCUT2D eigenvalue weighted by Gasteiger charge is -2.02. The van der Waals surface area contributed by atoms with Gasteiger partial charge in [-0.3, -0.25) is 0 Å². The third-order valence-electron chi connectivity index (χ3n) is 4.78. The molecule has 0 saturated heterocycles. The van der Waals surface area contributed by atoms with Gasteiger partial charge in [-0.2, -0.15) is 10.5 Å². The fourth-order valence-electron chi connectivity index (χ4n) is 2.99. The second-order valence-electron chi connectivity index (χ2n) is 7.19. The van der Waals surface area contributed by atoms with E-state index in [-0.39, 0.29) is 10.8 Å². The first-order valence-corrected chi connectivity index (χ1v) is 11.2. The van der Waals surface area contributed by atoms with Crippen LogP contribution in [0.2, 0.25) is 10.2 Å². The zero-order valence-corrected chi connectivity index (χ0v) is 19.7. The quantitative estimate of drug-likeness (QED) is 0.282. The van der Waals surface area contributed by atoms with E-state index in [4.69, 9.17) is 33.7 Å². The maximum atomic E-state index is 8.74. The average molecular weight is 483 g/mol. The van der Waals surface area contributed by atoms with Crippen LogP contribution < -0.4 is 0 Å². The van der Waals surface area contributed by atoms with Crippen LogP contribution in [0.15, 0.2) is 85.1 Å². The van der Waals surface area contributed by atoms with E-state index in [0.717, 1.165) is 29.7 Å². The summed E-state index contributed by atoms with van der Waals surface area (Å²) in [6, 6.07) is 29.4. The topological polar surface area (TPSA) is 73.4 Å². The molecule has 0 aliphatic carbocycles. The molecule has 0 atom stereocenters. The Kier molecular flexibility index (Phi) is 9.38. The summed E-state index contributed by atoms with van der Waals surface area (Å²) >= 11 is 11.8.